The van der Waals surface area contributed by atoms with Crippen molar-refractivity contribution in [2.75, 3.05) is 26.2 Å². The third-order valence-electron chi connectivity index (χ3n) is 5.55. The number of carbonyl (C=O) groups is 1. The maximum atomic E-state index is 11.8. The first kappa shape index (κ1) is 24.0. The Kier molecular flexibility index (Phi) is 16.3. The highest BCUT2D eigenvalue weighted by atomic mass is 16.1. The van der Waals surface area contributed by atoms with E-state index in [1.54, 1.807) is 0 Å². The predicted octanol–water partition coefficient (Wildman–Crippen LogP) is 5.01. The van der Waals surface area contributed by atoms with Crippen LogP contribution in [0.15, 0.2) is 0 Å². The molecular formula is C23H46N3O+. The number of hydrogen-bond donors (Lipinski definition) is 2. The molecule has 0 spiro atoms. The van der Waals surface area contributed by atoms with Crippen molar-refractivity contribution in [3.63, 3.8) is 0 Å². The molecule has 0 saturated heterocycles. The van der Waals surface area contributed by atoms with Crippen molar-refractivity contribution in [2.24, 2.45) is 0 Å². The summed E-state index contributed by atoms with van der Waals surface area (Å²) in [5.74, 6) is 0.219. The fourth-order valence-electron chi connectivity index (χ4n) is 3.73. The molecule has 0 bridgehead atoms. The van der Waals surface area contributed by atoms with Gasteiger partial charge in [0, 0.05) is 6.42 Å². The van der Waals surface area contributed by atoms with Crippen LogP contribution in [0.2, 0.25) is 0 Å². The van der Waals surface area contributed by atoms with Crippen molar-refractivity contribution >= 4 is 12.2 Å². The van der Waals surface area contributed by atoms with Gasteiger partial charge in [-0.25, -0.2) is 0 Å². The van der Waals surface area contributed by atoms with Crippen LogP contribution < -0.4 is 10.6 Å². The third-order valence-corrected chi connectivity index (χ3v) is 5.55. The maximum absolute atomic E-state index is 11.8. The Hall–Kier alpha value is -1.06. The first-order valence-electron chi connectivity index (χ1n) is 11.9. The van der Waals surface area contributed by atoms with Gasteiger partial charge in [-0.2, -0.15) is 0 Å². The largest absolute Gasteiger partial charge is 0.352 e. The summed E-state index contributed by atoms with van der Waals surface area (Å²) < 4.78 is 2.22. The molecule has 1 amide bonds. The van der Waals surface area contributed by atoms with E-state index in [4.69, 9.17) is 0 Å². The molecule has 27 heavy (non-hydrogen) atoms. The van der Waals surface area contributed by atoms with E-state index in [9.17, 15) is 4.79 Å². The molecule has 0 unspecified atom stereocenters. The van der Waals surface area contributed by atoms with Crippen molar-refractivity contribution in [1.29, 1.82) is 0 Å². The molecule has 4 heteroatoms. The van der Waals surface area contributed by atoms with E-state index >= 15 is 0 Å². The summed E-state index contributed by atoms with van der Waals surface area (Å²) in [5, 5.41) is 6.21. The second kappa shape index (κ2) is 18.3. The van der Waals surface area contributed by atoms with Crippen LogP contribution >= 0.6 is 0 Å². The van der Waals surface area contributed by atoms with Gasteiger partial charge < -0.3 is 5.32 Å². The Bertz CT molecular complexity index is 382. The molecule has 0 aromatic carbocycles. The lowest BCUT2D eigenvalue weighted by atomic mass is 10.0. The molecule has 1 rings (SSSR count). The number of hydrogen-bond acceptors (Lipinski definition) is 2. The molecular weight excluding hydrogens is 334 g/mol. The van der Waals surface area contributed by atoms with E-state index < -0.39 is 0 Å². The first-order chi connectivity index (χ1) is 13.3. The fraction of sp³-hybridized carbons (Fsp3) is 0.913. The van der Waals surface area contributed by atoms with E-state index in [1.165, 1.54) is 89.9 Å². The van der Waals surface area contributed by atoms with Gasteiger partial charge >= 0.3 is 0 Å². The zero-order chi connectivity index (χ0) is 19.4. The van der Waals surface area contributed by atoms with Gasteiger partial charge in [0.25, 0.3) is 0 Å². The van der Waals surface area contributed by atoms with Crippen molar-refractivity contribution in [3.05, 3.63) is 0 Å². The van der Waals surface area contributed by atoms with Gasteiger partial charge in [-0.15, -0.1) is 0 Å². The Balaban J connectivity index is 1.71. The molecule has 4 nitrogen and oxygen atoms in total. The monoisotopic (exact) mass is 380 g/mol. The van der Waals surface area contributed by atoms with Gasteiger partial charge in [-0.05, 0) is 6.42 Å². The number of amides is 1. The number of unbranched alkanes of at least 4 members (excludes halogenated alkanes) is 14. The van der Waals surface area contributed by atoms with E-state index in [2.05, 4.69) is 22.1 Å². The molecule has 2 N–H and O–H groups in total. The van der Waals surface area contributed by atoms with Gasteiger partial charge in [0.1, 0.15) is 19.6 Å². The zero-order valence-electron chi connectivity index (χ0n) is 18.1. The van der Waals surface area contributed by atoms with Crippen LogP contribution in [-0.4, -0.2) is 43.0 Å². The van der Waals surface area contributed by atoms with Crippen molar-refractivity contribution < 1.29 is 9.37 Å². The highest BCUT2D eigenvalue weighted by Gasteiger charge is 2.08. The quantitative estimate of drug-likeness (QED) is 0.244. The van der Waals surface area contributed by atoms with Gasteiger partial charge in [0.2, 0.25) is 12.2 Å². The summed E-state index contributed by atoms with van der Waals surface area (Å²) in [6, 6.07) is 0. The number of rotatable bonds is 19. The topological polar surface area (TPSA) is 44.1 Å². The zero-order valence-corrected chi connectivity index (χ0v) is 18.1. The van der Waals surface area contributed by atoms with Crippen LogP contribution in [0.5, 0.6) is 0 Å². The molecule has 1 heterocycles. The Labute approximate surface area is 168 Å². The minimum absolute atomic E-state index is 0.219. The second-order valence-corrected chi connectivity index (χ2v) is 8.17. The van der Waals surface area contributed by atoms with Crippen molar-refractivity contribution in [2.45, 2.75) is 110 Å². The van der Waals surface area contributed by atoms with Crippen LogP contribution in [0.3, 0.4) is 0 Å². The average Bonchev–Trinajstić information content (AvgIpc) is 3.18. The predicted molar refractivity (Wildman–Crippen MR) is 117 cm³/mol. The minimum atomic E-state index is 0.219. The lowest BCUT2D eigenvalue weighted by Crippen LogP contribution is -2.30. The highest BCUT2D eigenvalue weighted by molar-refractivity contribution is 5.75. The van der Waals surface area contributed by atoms with Crippen molar-refractivity contribution in [1.82, 2.24) is 10.6 Å². The molecule has 0 atom stereocenters. The average molecular weight is 381 g/mol. The van der Waals surface area contributed by atoms with Gasteiger partial charge in [-0.3, -0.25) is 14.7 Å². The molecule has 0 aromatic rings. The van der Waals surface area contributed by atoms with E-state index in [-0.39, 0.29) is 5.91 Å². The first-order valence-corrected chi connectivity index (χ1v) is 11.9. The number of nitrogens with zero attached hydrogens (tertiary/aromatic N) is 1. The standard InChI is InChI=1S/C23H45N3O/c1-2-3-4-5-6-7-8-9-10-11-12-13-14-15-16-17-23(27)25-19-21-26-20-18-24-22-26/h22H,2-21H2,1H3,(H,25,27)/p+1. The van der Waals surface area contributed by atoms with Crippen LogP contribution in [0, 0.1) is 0 Å². The molecule has 0 radical (unpaired) electrons. The summed E-state index contributed by atoms with van der Waals surface area (Å²) in [5.41, 5.74) is 0. The van der Waals surface area contributed by atoms with Crippen LogP contribution in [0.1, 0.15) is 110 Å². The molecule has 0 fully saturated rings. The lowest BCUT2D eigenvalue weighted by Gasteiger charge is -2.05. The summed E-state index contributed by atoms with van der Waals surface area (Å²) in [4.78, 5) is 11.8. The van der Waals surface area contributed by atoms with E-state index in [1.807, 2.05) is 6.34 Å². The summed E-state index contributed by atoms with van der Waals surface area (Å²) >= 11 is 0. The molecule has 1 aliphatic rings. The summed E-state index contributed by atoms with van der Waals surface area (Å²) in [7, 11) is 0. The maximum Gasteiger partial charge on any atom is 0.232 e. The molecule has 1 aliphatic heterocycles. The van der Waals surface area contributed by atoms with Crippen LogP contribution in [-0.2, 0) is 4.79 Å². The number of carbonyl (C=O) groups excluding carboxylic acids is 1. The lowest BCUT2D eigenvalue weighted by molar-refractivity contribution is -0.511. The van der Waals surface area contributed by atoms with E-state index in [0.29, 0.717) is 6.42 Å². The summed E-state index contributed by atoms with van der Waals surface area (Å²) in [6.07, 6.45) is 23.2. The van der Waals surface area contributed by atoms with E-state index in [0.717, 1.165) is 32.6 Å². The Morgan fingerprint density at radius 3 is 1.85 bits per heavy atom. The minimum Gasteiger partial charge on any atom is -0.352 e. The Morgan fingerprint density at radius 1 is 0.852 bits per heavy atom. The molecule has 0 saturated carbocycles. The smallest absolute Gasteiger partial charge is 0.232 e. The van der Waals surface area contributed by atoms with Gasteiger partial charge in [0.05, 0.1) is 6.54 Å². The number of nitrogens with one attached hydrogen (secondary N) is 2. The normalized spacial score (nSPS) is 13.4. The molecule has 0 aliphatic carbocycles. The van der Waals surface area contributed by atoms with Crippen LogP contribution in [0.25, 0.3) is 0 Å². The SMILES string of the molecule is CCCCCCCCCCCCCCCCCC(=O)NCC[N+]1=CNCC1. The summed E-state index contributed by atoms with van der Waals surface area (Å²) in [6.45, 7) is 6.03. The second-order valence-electron chi connectivity index (χ2n) is 8.17. The van der Waals surface area contributed by atoms with Crippen LogP contribution in [0.4, 0.5) is 0 Å². The highest BCUT2D eigenvalue weighted by Crippen LogP contribution is 2.13. The fourth-order valence-corrected chi connectivity index (χ4v) is 3.73. The van der Waals surface area contributed by atoms with Gasteiger partial charge in [-0.1, -0.05) is 96.8 Å². The Morgan fingerprint density at radius 2 is 1.37 bits per heavy atom. The third kappa shape index (κ3) is 15.7. The molecule has 0 aromatic heterocycles. The van der Waals surface area contributed by atoms with Crippen molar-refractivity contribution in [3.8, 4) is 0 Å². The van der Waals surface area contributed by atoms with Gasteiger partial charge in [0.15, 0.2) is 0 Å². The molecule has 158 valence electrons.